The molecule has 0 saturated heterocycles. The lowest BCUT2D eigenvalue weighted by atomic mass is 10.3. The molecular weight excluding hydrogens is 393 g/mol. The molecule has 9 heteroatoms. The summed E-state index contributed by atoms with van der Waals surface area (Å²) in [5.41, 5.74) is 0. The largest absolute Gasteiger partial charge is 0.484 e. The molecule has 24 heavy (non-hydrogen) atoms. The summed E-state index contributed by atoms with van der Waals surface area (Å²) >= 11 is 13.1. The van der Waals surface area contributed by atoms with Crippen molar-refractivity contribution >= 4 is 50.3 Å². The van der Waals surface area contributed by atoms with Crippen LogP contribution < -0.4 is 9.46 Å². The Morgan fingerprint density at radius 3 is 2.71 bits per heavy atom. The summed E-state index contributed by atoms with van der Waals surface area (Å²) in [6.45, 7) is 0.142. The Bertz CT molecular complexity index is 834. The van der Waals surface area contributed by atoms with Crippen molar-refractivity contribution in [3.63, 3.8) is 0 Å². The van der Waals surface area contributed by atoms with Crippen LogP contribution in [0.2, 0.25) is 10.0 Å². The molecule has 0 fully saturated rings. The van der Waals surface area contributed by atoms with Crippen LogP contribution >= 0.6 is 34.5 Å². The minimum atomic E-state index is -3.21. The summed E-state index contributed by atoms with van der Waals surface area (Å²) in [6, 6.07) is 8.28. The molecule has 0 aliphatic rings. The first-order valence-corrected chi connectivity index (χ1v) is 10.4. The van der Waals surface area contributed by atoms with Crippen LogP contribution in [0, 0.1) is 0 Å². The number of benzene rings is 1. The molecule has 2 rings (SSSR count). The second-order valence-corrected chi connectivity index (χ2v) is 8.81. The molecule has 0 aliphatic heterocycles. The van der Waals surface area contributed by atoms with Gasteiger partial charge in [0, 0.05) is 22.5 Å². The third kappa shape index (κ3) is 6.07. The summed E-state index contributed by atoms with van der Waals surface area (Å²) in [7, 11) is -3.21. The van der Waals surface area contributed by atoms with Crippen molar-refractivity contribution < 1.29 is 17.9 Å². The maximum Gasteiger partial charge on any atom is 0.210 e. The molecule has 1 aromatic heterocycles. The molecule has 5 nitrogen and oxygen atoms in total. The summed E-state index contributed by atoms with van der Waals surface area (Å²) in [5.74, 6) is 0.171. The van der Waals surface area contributed by atoms with Gasteiger partial charge in [-0.25, -0.2) is 13.1 Å². The first-order valence-electron chi connectivity index (χ1n) is 6.89. The number of ketones is 1. The lowest BCUT2D eigenvalue weighted by molar-refractivity contribution is 0.0925. The van der Waals surface area contributed by atoms with Gasteiger partial charge in [0.2, 0.25) is 15.8 Å². The number of carbonyl (C=O) groups excluding carboxylic acids is 1. The van der Waals surface area contributed by atoms with Crippen molar-refractivity contribution in [2.75, 3.05) is 19.4 Å². The van der Waals surface area contributed by atoms with Crippen LogP contribution in [0.3, 0.4) is 0 Å². The highest BCUT2D eigenvalue weighted by Gasteiger charge is 2.12. The number of carbonyl (C=O) groups is 1. The zero-order chi connectivity index (χ0) is 17.7. The maximum atomic E-state index is 12.2. The molecule has 0 saturated carbocycles. The van der Waals surface area contributed by atoms with E-state index in [9.17, 15) is 13.2 Å². The van der Waals surface area contributed by atoms with Crippen LogP contribution in [-0.4, -0.2) is 33.6 Å². The van der Waals surface area contributed by atoms with Crippen LogP contribution in [0.5, 0.6) is 5.75 Å². The summed E-state index contributed by atoms with van der Waals surface area (Å²) in [5, 5.41) is 0.851. The number of thiophene rings is 1. The number of halogens is 2. The molecule has 130 valence electrons. The maximum absolute atomic E-state index is 12.2. The molecule has 2 aromatic rings. The van der Waals surface area contributed by atoms with Crippen LogP contribution in [0.4, 0.5) is 0 Å². The Hall–Kier alpha value is -1.12. The van der Waals surface area contributed by atoms with Gasteiger partial charge in [-0.3, -0.25) is 4.79 Å². The molecule has 0 unspecified atom stereocenters. The van der Waals surface area contributed by atoms with E-state index in [1.807, 2.05) is 0 Å². The van der Waals surface area contributed by atoms with Gasteiger partial charge in [-0.1, -0.05) is 23.2 Å². The monoisotopic (exact) mass is 407 g/mol. The van der Waals surface area contributed by atoms with E-state index in [0.717, 1.165) is 11.1 Å². The normalized spacial score (nSPS) is 11.5. The zero-order valence-electron chi connectivity index (χ0n) is 12.7. The Labute approximate surface area is 154 Å². The van der Waals surface area contributed by atoms with E-state index in [-0.39, 0.29) is 12.4 Å². The molecule has 0 amide bonds. The minimum absolute atomic E-state index is 0.151. The Kier molecular flexibility index (Phi) is 6.65. The van der Waals surface area contributed by atoms with E-state index in [1.54, 1.807) is 30.3 Å². The molecule has 0 atom stereocenters. The van der Waals surface area contributed by atoms with Gasteiger partial charge in [0.15, 0.2) is 6.61 Å². The lowest BCUT2D eigenvalue weighted by Crippen LogP contribution is -2.24. The fourth-order valence-electron chi connectivity index (χ4n) is 1.82. The number of Topliss-reactive ketones (excluding diaryl/α,β-unsaturated/α-hetero) is 1. The molecule has 1 aromatic carbocycles. The highest BCUT2D eigenvalue weighted by Crippen LogP contribution is 2.28. The Morgan fingerprint density at radius 2 is 2.00 bits per heavy atom. The summed E-state index contributed by atoms with van der Waals surface area (Å²) < 4.78 is 29.8. The van der Waals surface area contributed by atoms with E-state index in [1.165, 1.54) is 11.3 Å². The van der Waals surface area contributed by atoms with Gasteiger partial charge < -0.3 is 4.74 Å². The molecule has 1 N–H and O–H groups in total. The number of ether oxygens (including phenoxy) is 1. The van der Waals surface area contributed by atoms with Crippen molar-refractivity contribution in [2.45, 2.75) is 6.42 Å². The van der Waals surface area contributed by atoms with Crippen molar-refractivity contribution in [1.82, 2.24) is 4.72 Å². The lowest BCUT2D eigenvalue weighted by Gasteiger charge is -2.07. The van der Waals surface area contributed by atoms with E-state index >= 15 is 0 Å². The topological polar surface area (TPSA) is 72.5 Å². The molecule has 0 radical (unpaired) electrons. The quantitative estimate of drug-likeness (QED) is 0.680. The van der Waals surface area contributed by atoms with Crippen molar-refractivity contribution in [3.05, 3.63) is 50.1 Å². The van der Waals surface area contributed by atoms with Gasteiger partial charge in [0.1, 0.15) is 5.75 Å². The van der Waals surface area contributed by atoms with Gasteiger partial charge in [0.05, 0.1) is 16.2 Å². The van der Waals surface area contributed by atoms with Crippen molar-refractivity contribution in [2.24, 2.45) is 0 Å². The molecule has 1 heterocycles. The fourth-order valence-corrected chi connectivity index (χ4v) is 3.56. The van der Waals surface area contributed by atoms with Gasteiger partial charge in [-0.15, -0.1) is 11.3 Å². The van der Waals surface area contributed by atoms with E-state index in [2.05, 4.69) is 4.72 Å². The Balaban J connectivity index is 1.90. The van der Waals surface area contributed by atoms with Crippen LogP contribution in [0.15, 0.2) is 30.3 Å². The zero-order valence-corrected chi connectivity index (χ0v) is 15.9. The van der Waals surface area contributed by atoms with Gasteiger partial charge in [-0.05, 0) is 30.7 Å². The number of hydrogen-bond acceptors (Lipinski definition) is 5. The molecule has 0 bridgehead atoms. The predicted molar refractivity (Wildman–Crippen MR) is 97.2 cm³/mol. The smallest absolute Gasteiger partial charge is 0.210 e. The fraction of sp³-hybridized carbons (Fsp3) is 0.267. The van der Waals surface area contributed by atoms with Crippen LogP contribution in [0.25, 0.3) is 0 Å². The standard InChI is InChI=1S/C15H15Cl2NO4S2/c1-24(20,21)18-7-6-11-3-5-15(23-11)13(19)9-22-14-8-10(16)2-4-12(14)17/h2-5,8,18H,6-7,9H2,1H3. The Morgan fingerprint density at radius 1 is 1.25 bits per heavy atom. The third-order valence-corrected chi connectivity index (χ3v) is 5.39. The third-order valence-electron chi connectivity index (χ3n) is 2.92. The number of nitrogens with one attached hydrogen (secondary N) is 1. The molecule has 0 spiro atoms. The molecular formula is C15H15Cl2NO4S2. The van der Waals surface area contributed by atoms with Gasteiger partial charge in [0.25, 0.3) is 0 Å². The second kappa shape index (κ2) is 8.31. The van der Waals surface area contributed by atoms with E-state index in [0.29, 0.717) is 33.6 Å². The first-order chi connectivity index (χ1) is 11.2. The van der Waals surface area contributed by atoms with Crippen molar-refractivity contribution in [1.29, 1.82) is 0 Å². The average Bonchev–Trinajstić information content (AvgIpc) is 2.95. The highest BCUT2D eigenvalue weighted by atomic mass is 35.5. The average molecular weight is 408 g/mol. The second-order valence-electron chi connectivity index (χ2n) is 4.97. The van der Waals surface area contributed by atoms with Crippen LogP contribution in [0.1, 0.15) is 14.5 Å². The predicted octanol–water partition coefficient (Wildman–Crippen LogP) is 3.41. The number of sulfonamides is 1. The minimum Gasteiger partial charge on any atom is -0.484 e. The van der Waals surface area contributed by atoms with Crippen LogP contribution in [-0.2, 0) is 16.4 Å². The van der Waals surface area contributed by atoms with Gasteiger partial charge in [-0.2, -0.15) is 0 Å². The number of hydrogen-bond donors (Lipinski definition) is 1. The van der Waals surface area contributed by atoms with E-state index in [4.69, 9.17) is 27.9 Å². The number of rotatable bonds is 8. The highest BCUT2D eigenvalue weighted by molar-refractivity contribution is 7.88. The van der Waals surface area contributed by atoms with Gasteiger partial charge >= 0.3 is 0 Å². The first kappa shape index (κ1) is 19.2. The van der Waals surface area contributed by atoms with E-state index < -0.39 is 10.0 Å². The summed E-state index contributed by atoms with van der Waals surface area (Å²) in [4.78, 5) is 13.6. The summed E-state index contributed by atoms with van der Waals surface area (Å²) in [6.07, 6.45) is 1.63. The van der Waals surface area contributed by atoms with Crippen molar-refractivity contribution in [3.8, 4) is 5.75 Å². The SMILES string of the molecule is CS(=O)(=O)NCCc1ccc(C(=O)COc2cc(Cl)ccc2Cl)s1. The molecule has 0 aliphatic carbocycles.